The molecule has 1 fully saturated rings. The van der Waals surface area contributed by atoms with Crippen molar-refractivity contribution in [2.24, 2.45) is 0 Å². The fourth-order valence-electron chi connectivity index (χ4n) is 2.41. The average Bonchev–Trinajstić information content (AvgIpc) is 2.41. The highest BCUT2D eigenvalue weighted by atomic mass is 32.2. The Bertz CT molecular complexity index is 654. The van der Waals surface area contributed by atoms with Gasteiger partial charge >= 0.3 is 5.69 Å². The molecule has 22 heavy (non-hydrogen) atoms. The zero-order valence-electron chi connectivity index (χ0n) is 11.9. The molecule has 0 bridgehead atoms. The number of ether oxygens (including phenoxy) is 1. The van der Waals surface area contributed by atoms with Gasteiger partial charge in [0.15, 0.2) is 5.75 Å². The summed E-state index contributed by atoms with van der Waals surface area (Å²) in [5.74, 6) is -0.691. The molecule has 0 N–H and O–H groups in total. The van der Waals surface area contributed by atoms with Crippen molar-refractivity contribution in [1.29, 1.82) is 0 Å². The molecule has 9 heteroatoms. The van der Waals surface area contributed by atoms with Gasteiger partial charge < -0.3 is 4.74 Å². The normalized spacial score (nSPS) is 22.3. The molecular formula is C13H16FNO6S. The summed E-state index contributed by atoms with van der Waals surface area (Å²) >= 11 is 0. The van der Waals surface area contributed by atoms with Crippen molar-refractivity contribution in [1.82, 2.24) is 0 Å². The minimum absolute atomic E-state index is 0.0129. The standard InChI is InChI=1S/C13H16FNO6S/c1-22(18,19)21-11-5-3-10(4-6-11)20-13-7-2-9(14)8-12(13)15(16)17/h2,7-8,10-11H,3-6H2,1H3. The Morgan fingerprint density at radius 1 is 1.23 bits per heavy atom. The number of nitro benzene ring substituents is 1. The fourth-order valence-corrected chi connectivity index (χ4v) is 3.09. The minimum atomic E-state index is -3.49. The van der Waals surface area contributed by atoms with Gasteiger partial charge in [0.1, 0.15) is 5.82 Å². The molecule has 122 valence electrons. The van der Waals surface area contributed by atoms with E-state index >= 15 is 0 Å². The first kappa shape index (κ1) is 16.6. The van der Waals surface area contributed by atoms with E-state index in [9.17, 15) is 22.9 Å². The molecule has 0 spiro atoms. The molecule has 0 amide bonds. The Morgan fingerprint density at radius 2 is 1.82 bits per heavy atom. The number of nitro groups is 1. The summed E-state index contributed by atoms with van der Waals surface area (Å²) in [4.78, 5) is 10.2. The third-order valence-electron chi connectivity index (χ3n) is 3.34. The lowest BCUT2D eigenvalue weighted by Crippen LogP contribution is -2.29. The molecule has 1 aliphatic rings. The van der Waals surface area contributed by atoms with Gasteiger partial charge in [0, 0.05) is 0 Å². The van der Waals surface area contributed by atoms with E-state index in [1.54, 1.807) is 0 Å². The van der Waals surface area contributed by atoms with Crippen LogP contribution in [0.4, 0.5) is 10.1 Å². The second-order valence-electron chi connectivity index (χ2n) is 5.19. The molecule has 0 atom stereocenters. The summed E-state index contributed by atoms with van der Waals surface area (Å²) in [5.41, 5.74) is -0.422. The van der Waals surface area contributed by atoms with Crippen LogP contribution in [-0.2, 0) is 14.3 Å². The summed E-state index contributed by atoms with van der Waals surface area (Å²) in [7, 11) is -3.49. The van der Waals surface area contributed by atoms with E-state index in [1.165, 1.54) is 6.07 Å². The molecule has 2 rings (SSSR count). The maximum Gasteiger partial charge on any atom is 0.313 e. The van der Waals surface area contributed by atoms with Gasteiger partial charge in [0.2, 0.25) is 0 Å². The van der Waals surface area contributed by atoms with Crippen molar-refractivity contribution in [3.63, 3.8) is 0 Å². The molecule has 0 aliphatic heterocycles. The predicted octanol–water partition coefficient (Wildman–Crippen LogP) is 2.40. The lowest BCUT2D eigenvalue weighted by Gasteiger charge is -2.28. The van der Waals surface area contributed by atoms with Gasteiger partial charge in [-0.1, -0.05) is 0 Å². The number of nitrogens with zero attached hydrogens (tertiary/aromatic N) is 1. The number of benzene rings is 1. The molecular weight excluding hydrogens is 317 g/mol. The van der Waals surface area contributed by atoms with E-state index in [4.69, 9.17) is 8.92 Å². The van der Waals surface area contributed by atoms with Crippen molar-refractivity contribution in [2.75, 3.05) is 6.26 Å². The molecule has 0 saturated heterocycles. The highest BCUT2D eigenvalue weighted by molar-refractivity contribution is 7.86. The molecule has 1 aromatic rings. The number of rotatable bonds is 5. The Kier molecular flexibility index (Phi) is 4.97. The summed E-state index contributed by atoms with van der Waals surface area (Å²) in [6, 6.07) is 3.14. The highest BCUT2D eigenvalue weighted by Crippen LogP contribution is 2.32. The minimum Gasteiger partial charge on any atom is -0.483 e. The van der Waals surface area contributed by atoms with E-state index in [0.717, 1.165) is 18.4 Å². The van der Waals surface area contributed by atoms with Crippen LogP contribution in [0.1, 0.15) is 25.7 Å². The van der Waals surface area contributed by atoms with Crippen LogP contribution in [-0.4, -0.2) is 31.8 Å². The maximum atomic E-state index is 13.1. The zero-order valence-corrected chi connectivity index (χ0v) is 12.7. The van der Waals surface area contributed by atoms with Crippen LogP contribution >= 0.6 is 0 Å². The maximum absolute atomic E-state index is 13.1. The van der Waals surface area contributed by atoms with Crippen LogP contribution in [0.25, 0.3) is 0 Å². The van der Waals surface area contributed by atoms with Gasteiger partial charge in [0.25, 0.3) is 10.1 Å². The summed E-state index contributed by atoms with van der Waals surface area (Å²) < 4.78 is 45.7. The third kappa shape index (κ3) is 4.63. The molecule has 0 radical (unpaired) electrons. The molecule has 1 aromatic carbocycles. The lowest BCUT2D eigenvalue weighted by atomic mass is 9.95. The van der Waals surface area contributed by atoms with Crippen LogP contribution in [0.15, 0.2) is 18.2 Å². The van der Waals surface area contributed by atoms with Gasteiger partial charge in [0.05, 0.1) is 29.5 Å². The molecule has 0 heterocycles. The first-order valence-corrected chi connectivity index (χ1v) is 8.55. The molecule has 0 unspecified atom stereocenters. The first-order valence-electron chi connectivity index (χ1n) is 6.73. The van der Waals surface area contributed by atoms with E-state index in [1.807, 2.05) is 0 Å². The van der Waals surface area contributed by atoms with Crippen molar-refractivity contribution in [3.8, 4) is 5.75 Å². The van der Waals surface area contributed by atoms with Crippen molar-refractivity contribution in [3.05, 3.63) is 34.1 Å². The fraction of sp³-hybridized carbons (Fsp3) is 0.538. The van der Waals surface area contributed by atoms with Crippen LogP contribution in [0.2, 0.25) is 0 Å². The second kappa shape index (κ2) is 6.57. The Balaban J connectivity index is 1.98. The zero-order chi connectivity index (χ0) is 16.3. The largest absolute Gasteiger partial charge is 0.483 e. The van der Waals surface area contributed by atoms with Crippen molar-refractivity contribution in [2.45, 2.75) is 37.9 Å². The van der Waals surface area contributed by atoms with Gasteiger partial charge in [-0.05, 0) is 37.8 Å². The molecule has 7 nitrogen and oxygen atoms in total. The van der Waals surface area contributed by atoms with Gasteiger partial charge in [-0.25, -0.2) is 4.39 Å². The Labute approximate surface area is 127 Å². The molecule has 0 aromatic heterocycles. The summed E-state index contributed by atoms with van der Waals surface area (Å²) in [6.07, 6.45) is 2.29. The lowest BCUT2D eigenvalue weighted by molar-refractivity contribution is -0.386. The number of hydrogen-bond acceptors (Lipinski definition) is 6. The second-order valence-corrected chi connectivity index (χ2v) is 6.79. The van der Waals surface area contributed by atoms with Gasteiger partial charge in [-0.2, -0.15) is 8.42 Å². The van der Waals surface area contributed by atoms with Crippen LogP contribution < -0.4 is 4.74 Å². The summed E-state index contributed by atoms with van der Waals surface area (Å²) in [5, 5.41) is 10.9. The first-order chi connectivity index (χ1) is 10.2. The number of halogens is 1. The Morgan fingerprint density at radius 3 is 2.36 bits per heavy atom. The van der Waals surface area contributed by atoms with Crippen molar-refractivity contribution < 1.29 is 26.7 Å². The van der Waals surface area contributed by atoms with E-state index in [0.29, 0.717) is 25.7 Å². The molecule has 1 saturated carbocycles. The number of hydrogen-bond donors (Lipinski definition) is 0. The SMILES string of the molecule is CS(=O)(=O)OC1CCC(Oc2ccc(F)cc2[N+](=O)[O-])CC1. The summed E-state index contributed by atoms with van der Waals surface area (Å²) in [6.45, 7) is 0. The topological polar surface area (TPSA) is 95.7 Å². The quantitative estimate of drug-likeness (QED) is 0.466. The third-order valence-corrected chi connectivity index (χ3v) is 3.97. The van der Waals surface area contributed by atoms with Crippen molar-refractivity contribution >= 4 is 15.8 Å². The van der Waals surface area contributed by atoms with E-state index in [-0.39, 0.29) is 11.9 Å². The molecule has 1 aliphatic carbocycles. The Hall–Kier alpha value is -1.74. The predicted molar refractivity (Wildman–Crippen MR) is 75.7 cm³/mol. The smallest absolute Gasteiger partial charge is 0.313 e. The van der Waals surface area contributed by atoms with Crippen LogP contribution in [0.3, 0.4) is 0 Å². The highest BCUT2D eigenvalue weighted by Gasteiger charge is 2.27. The monoisotopic (exact) mass is 333 g/mol. The van der Waals surface area contributed by atoms with Crippen LogP contribution in [0, 0.1) is 15.9 Å². The van der Waals surface area contributed by atoms with Crippen LogP contribution in [0.5, 0.6) is 5.75 Å². The van der Waals surface area contributed by atoms with Gasteiger partial charge in [-0.3, -0.25) is 14.3 Å². The average molecular weight is 333 g/mol. The van der Waals surface area contributed by atoms with E-state index in [2.05, 4.69) is 0 Å². The van der Waals surface area contributed by atoms with Gasteiger partial charge in [-0.15, -0.1) is 0 Å². The van der Waals surface area contributed by atoms with E-state index < -0.39 is 32.7 Å².